The predicted molar refractivity (Wildman–Crippen MR) is 55.1 cm³/mol. The first-order chi connectivity index (χ1) is 4.66. The van der Waals surface area contributed by atoms with Gasteiger partial charge in [0.1, 0.15) is 0 Å². The van der Waals surface area contributed by atoms with E-state index in [0.717, 1.165) is 5.33 Å². The molecular weight excluding hydrogens is 256 g/mol. The van der Waals surface area contributed by atoms with Crippen LogP contribution in [0.15, 0.2) is 23.8 Å². The van der Waals surface area contributed by atoms with Crippen LogP contribution in [-0.2, 0) is 0 Å². The third-order valence-electron chi connectivity index (χ3n) is 0.968. The van der Waals surface area contributed by atoms with Crippen LogP contribution >= 0.6 is 31.9 Å². The van der Waals surface area contributed by atoms with Crippen LogP contribution in [0.1, 0.15) is 13.8 Å². The lowest BCUT2D eigenvalue weighted by Crippen LogP contribution is -1.79. The maximum absolute atomic E-state index is 3.42. The summed E-state index contributed by atoms with van der Waals surface area (Å²) in [4.78, 5) is 0.465. The van der Waals surface area contributed by atoms with Crippen LogP contribution in [-0.4, -0.2) is 10.2 Å². The second kappa shape index (κ2) is 6.17. The Morgan fingerprint density at radius 2 is 2.20 bits per heavy atom. The molecule has 0 aromatic rings. The lowest BCUT2D eigenvalue weighted by Gasteiger charge is -1.90. The summed E-state index contributed by atoms with van der Waals surface area (Å²) in [5, 5.41) is 0.952. The quantitative estimate of drug-likeness (QED) is 0.541. The van der Waals surface area contributed by atoms with E-state index in [0.29, 0.717) is 4.83 Å². The minimum atomic E-state index is 0.465. The van der Waals surface area contributed by atoms with Gasteiger partial charge in [-0.25, -0.2) is 0 Å². The normalized spacial score (nSPS) is 16.2. The van der Waals surface area contributed by atoms with Crippen molar-refractivity contribution in [1.82, 2.24) is 0 Å². The van der Waals surface area contributed by atoms with Crippen molar-refractivity contribution in [3.8, 4) is 0 Å². The van der Waals surface area contributed by atoms with Gasteiger partial charge < -0.3 is 0 Å². The summed E-state index contributed by atoms with van der Waals surface area (Å²) in [5.41, 5.74) is 1.34. The first kappa shape index (κ1) is 10.4. The van der Waals surface area contributed by atoms with Crippen LogP contribution in [0.4, 0.5) is 0 Å². The van der Waals surface area contributed by atoms with Gasteiger partial charge in [0.15, 0.2) is 0 Å². The first-order valence-electron chi connectivity index (χ1n) is 3.21. The SMILES string of the molecule is CC(=CC=CC(C)Br)CBr. The molecule has 0 nitrogen and oxygen atoms in total. The van der Waals surface area contributed by atoms with E-state index in [1.807, 2.05) is 0 Å². The zero-order valence-corrected chi connectivity index (χ0v) is 9.44. The highest BCUT2D eigenvalue weighted by molar-refractivity contribution is 9.09. The molecule has 58 valence electrons. The largest absolute Gasteiger partial charge is 0.0880 e. The Kier molecular flexibility index (Phi) is 6.44. The van der Waals surface area contributed by atoms with Crippen molar-refractivity contribution in [1.29, 1.82) is 0 Å². The van der Waals surface area contributed by atoms with E-state index in [9.17, 15) is 0 Å². The standard InChI is InChI=1S/C8H12Br2/c1-7(6-9)4-3-5-8(2)10/h3-5,8H,6H2,1-2H3. The average Bonchev–Trinajstić information content (AvgIpc) is 1.87. The van der Waals surface area contributed by atoms with Gasteiger partial charge in [-0.1, -0.05) is 55.7 Å². The van der Waals surface area contributed by atoms with E-state index in [1.165, 1.54) is 5.57 Å². The van der Waals surface area contributed by atoms with Gasteiger partial charge >= 0.3 is 0 Å². The van der Waals surface area contributed by atoms with Crippen molar-refractivity contribution >= 4 is 31.9 Å². The summed E-state index contributed by atoms with van der Waals surface area (Å²) in [7, 11) is 0. The van der Waals surface area contributed by atoms with Crippen molar-refractivity contribution in [2.75, 3.05) is 5.33 Å². The predicted octanol–water partition coefficient (Wildman–Crippen LogP) is 3.67. The van der Waals surface area contributed by atoms with Crippen LogP contribution in [0.5, 0.6) is 0 Å². The molecule has 0 radical (unpaired) electrons. The molecule has 0 spiro atoms. The summed E-state index contributed by atoms with van der Waals surface area (Å²) in [6.07, 6.45) is 6.27. The van der Waals surface area contributed by atoms with Gasteiger partial charge in [-0.3, -0.25) is 0 Å². The molecule has 0 aliphatic heterocycles. The second-order valence-corrected chi connectivity index (χ2v) is 4.21. The molecule has 0 saturated heterocycles. The summed E-state index contributed by atoms with van der Waals surface area (Å²) in [5.74, 6) is 0. The van der Waals surface area contributed by atoms with E-state index in [2.05, 4.69) is 63.9 Å². The fourth-order valence-electron chi connectivity index (χ4n) is 0.417. The lowest BCUT2D eigenvalue weighted by atomic mass is 10.3. The Morgan fingerprint density at radius 3 is 2.60 bits per heavy atom. The van der Waals surface area contributed by atoms with E-state index in [1.54, 1.807) is 0 Å². The fraction of sp³-hybridized carbons (Fsp3) is 0.500. The summed E-state index contributed by atoms with van der Waals surface area (Å²) >= 11 is 6.79. The molecule has 10 heavy (non-hydrogen) atoms. The molecule has 0 saturated carbocycles. The number of halogens is 2. The summed E-state index contributed by atoms with van der Waals surface area (Å²) in [6, 6.07) is 0. The molecule has 0 N–H and O–H groups in total. The van der Waals surface area contributed by atoms with Gasteiger partial charge in [-0.05, 0) is 13.8 Å². The van der Waals surface area contributed by atoms with Gasteiger partial charge in [0.05, 0.1) is 0 Å². The highest BCUT2D eigenvalue weighted by Gasteiger charge is 1.83. The van der Waals surface area contributed by atoms with Crippen molar-refractivity contribution < 1.29 is 0 Å². The van der Waals surface area contributed by atoms with E-state index >= 15 is 0 Å². The van der Waals surface area contributed by atoms with Gasteiger partial charge in [0, 0.05) is 10.2 Å². The topological polar surface area (TPSA) is 0 Å². The monoisotopic (exact) mass is 266 g/mol. The molecule has 0 aromatic heterocycles. The Hall–Kier alpha value is 0.440. The van der Waals surface area contributed by atoms with Gasteiger partial charge in [0.2, 0.25) is 0 Å². The number of rotatable bonds is 3. The van der Waals surface area contributed by atoms with Crippen LogP contribution in [0.25, 0.3) is 0 Å². The molecule has 0 bridgehead atoms. The molecule has 0 aliphatic carbocycles. The van der Waals surface area contributed by atoms with E-state index < -0.39 is 0 Å². The maximum atomic E-state index is 3.42. The van der Waals surface area contributed by atoms with Crippen molar-refractivity contribution in [2.45, 2.75) is 18.7 Å². The smallest absolute Gasteiger partial charge is 0.0300 e. The van der Waals surface area contributed by atoms with Gasteiger partial charge in [-0.2, -0.15) is 0 Å². The third kappa shape index (κ3) is 6.56. The van der Waals surface area contributed by atoms with Crippen LogP contribution in [0.3, 0.4) is 0 Å². The van der Waals surface area contributed by atoms with Crippen LogP contribution in [0.2, 0.25) is 0 Å². The molecule has 0 aromatic carbocycles. The molecule has 2 heteroatoms. The minimum absolute atomic E-state index is 0.465. The number of hydrogen-bond acceptors (Lipinski definition) is 0. The van der Waals surface area contributed by atoms with E-state index in [4.69, 9.17) is 0 Å². The number of allylic oxidation sites excluding steroid dienone is 4. The van der Waals surface area contributed by atoms with Crippen molar-refractivity contribution in [2.24, 2.45) is 0 Å². The zero-order valence-electron chi connectivity index (χ0n) is 6.27. The van der Waals surface area contributed by atoms with Crippen LogP contribution in [0, 0.1) is 0 Å². The lowest BCUT2D eigenvalue weighted by molar-refractivity contribution is 1.27. The Labute approximate surface area is 79.6 Å². The van der Waals surface area contributed by atoms with Crippen molar-refractivity contribution in [3.05, 3.63) is 23.8 Å². The zero-order chi connectivity index (χ0) is 7.98. The second-order valence-electron chi connectivity index (χ2n) is 2.21. The highest BCUT2D eigenvalue weighted by Crippen LogP contribution is 2.01. The molecule has 0 heterocycles. The third-order valence-corrected chi connectivity index (χ3v) is 2.16. The van der Waals surface area contributed by atoms with Crippen molar-refractivity contribution in [3.63, 3.8) is 0 Å². The Balaban J connectivity index is 3.70. The Morgan fingerprint density at radius 1 is 1.60 bits per heavy atom. The van der Waals surface area contributed by atoms with Gasteiger partial charge in [-0.15, -0.1) is 0 Å². The molecule has 0 amide bonds. The minimum Gasteiger partial charge on any atom is -0.0880 e. The fourth-order valence-corrected chi connectivity index (χ4v) is 0.781. The molecular formula is C8H12Br2. The summed E-state index contributed by atoms with van der Waals surface area (Å²) in [6.45, 7) is 4.19. The number of hydrogen-bond donors (Lipinski definition) is 0. The molecule has 1 unspecified atom stereocenters. The molecule has 0 aliphatic rings. The first-order valence-corrected chi connectivity index (χ1v) is 5.24. The highest BCUT2D eigenvalue weighted by atomic mass is 79.9. The van der Waals surface area contributed by atoms with E-state index in [-0.39, 0.29) is 0 Å². The maximum Gasteiger partial charge on any atom is 0.0300 e. The molecule has 0 fully saturated rings. The van der Waals surface area contributed by atoms with Crippen LogP contribution < -0.4 is 0 Å². The number of alkyl halides is 2. The Bertz CT molecular complexity index is 134. The molecule has 1 atom stereocenters. The van der Waals surface area contributed by atoms with Gasteiger partial charge in [0.25, 0.3) is 0 Å². The average molecular weight is 268 g/mol. The summed E-state index contributed by atoms with van der Waals surface area (Å²) < 4.78 is 0. The molecule has 0 rings (SSSR count).